The summed E-state index contributed by atoms with van der Waals surface area (Å²) in [4.78, 5) is 16.7. The van der Waals surface area contributed by atoms with E-state index in [9.17, 15) is 9.18 Å². The van der Waals surface area contributed by atoms with E-state index in [1.807, 2.05) is 23.1 Å². The summed E-state index contributed by atoms with van der Waals surface area (Å²) in [7, 11) is 0. The molecule has 4 rings (SSSR count). The van der Waals surface area contributed by atoms with Crippen LogP contribution in [-0.2, 0) is 4.79 Å². The van der Waals surface area contributed by atoms with Crippen molar-refractivity contribution in [3.05, 3.63) is 66.3 Å². The number of para-hydroxylation sites is 2. The van der Waals surface area contributed by atoms with Crippen LogP contribution < -0.4 is 9.64 Å². The number of piperazine rings is 1. The number of hydrogen-bond donors (Lipinski definition) is 0. The Hall–Kier alpha value is -3.07. The first kappa shape index (κ1) is 21.2. The molecule has 3 aromatic rings. The van der Waals surface area contributed by atoms with E-state index in [2.05, 4.69) is 27.2 Å². The van der Waals surface area contributed by atoms with Crippen LogP contribution in [0.5, 0.6) is 5.75 Å². The van der Waals surface area contributed by atoms with Gasteiger partial charge in [-0.15, -0.1) is 10.2 Å². The molecular weight excluding hydrogens is 419 g/mol. The Morgan fingerprint density at radius 1 is 1.10 bits per heavy atom. The molecule has 2 aromatic carbocycles. The highest BCUT2D eigenvalue weighted by atomic mass is 32.2. The van der Waals surface area contributed by atoms with Crippen molar-refractivity contribution in [2.45, 2.75) is 18.3 Å². The zero-order valence-corrected chi connectivity index (χ0v) is 17.9. The predicted molar refractivity (Wildman–Crippen MR) is 116 cm³/mol. The van der Waals surface area contributed by atoms with Crippen LogP contribution in [0.4, 0.5) is 10.1 Å². The summed E-state index contributed by atoms with van der Waals surface area (Å²) in [5.74, 6) is 0.145. The maximum atomic E-state index is 13.7. The van der Waals surface area contributed by atoms with Gasteiger partial charge in [-0.1, -0.05) is 42.1 Å². The molecule has 0 radical (unpaired) electrons. The van der Waals surface area contributed by atoms with Crippen LogP contribution in [0, 0.1) is 5.82 Å². The fourth-order valence-corrected chi connectivity index (χ4v) is 3.96. The third-order valence-corrected chi connectivity index (χ3v) is 5.79. The van der Waals surface area contributed by atoms with Crippen molar-refractivity contribution in [2.75, 3.05) is 36.8 Å². The number of hydrogen-bond acceptors (Lipinski definition) is 7. The number of halogens is 1. The molecule has 1 aliphatic rings. The van der Waals surface area contributed by atoms with Crippen molar-refractivity contribution in [1.82, 2.24) is 15.1 Å². The van der Waals surface area contributed by atoms with Crippen LogP contribution >= 0.6 is 11.8 Å². The van der Waals surface area contributed by atoms with Crippen LogP contribution in [0.15, 0.2) is 64.2 Å². The number of benzene rings is 2. The van der Waals surface area contributed by atoms with Gasteiger partial charge in [0, 0.05) is 31.9 Å². The normalized spacial score (nSPS) is 15.0. The Morgan fingerprint density at radius 3 is 2.55 bits per heavy atom. The molecule has 0 bridgehead atoms. The van der Waals surface area contributed by atoms with Crippen molar-refractivity contribution in [1.29, 1.82) is 0 Å². The van der Waals surface area contributed by atoms with Gasteiger partial charge in [0.15, 0.2) is 17.7 Å². The number of thioether (sulfide) groups is 1. The van der Waals surface area contributed by atoms with Crippen molar-refractivity contribution in [3.63, 3.8) is 0 Å². The van der Waals surface area contributed by atoms with E-state index in [0.717, 1.165) is 13.1 Å². The first-order valence-corrected chi connectivity index (χ1v) is 11.0. The molecule has 0 saturated carbocycles. The van der Waals surface area contributed by atoms with Crippen LogP contribution in [0.3, 0.4) is 0 Å². The minimum absolute atomic E-state index is 0.0353. The second kappa shape index (κ2) is 9.82. The van der Waals surface area contributed by atoms with Crippen LogP contribution in [-0.4, -0.2) is 52.9 Å². The van der Waals surface area contributed by atoms with Crippen molar-refractivity contribution in [3.8, 4) is 5.75 Å². The molecule has 1 aliphatic heterocycles. The van der Waals surface area contributed by atoms with E-state index in [1.165, 1.54) is 29.6 Å². The zero-order valence-electron chi connectivity index (χ0n) is 17.1. The number of rotatable bonds is 7. The molecule has 7 nitrogen and oxygen atoms in total. The van der Waals surface area contributed by atoms with Gasteiger partial charge < -0.3 is 19.0 Å². The molecule has 0 aliphatic carbocycles. The zero-order chi connectivity index (χ0) is 21.6. The Labute approximate surface area is 184 Å². The molecule has 1 atom stereocenters. The highest BCUT2D eigenvalue weighted by Crippen LogP contribution is 2.26. The van der Waals surface area contributed by atoms with Crippen LogP contribution in [0.2, 0.25) is 0 Å². The minimum atomic E-state index is -0.611. The van der Waals surface area contributed by atoms with Gasteiger partial charge in [0.2, 0.25) is 5.91 Å². The fourth-order valence-electron chi connectivity index (χ4n) is 3.29. The lowest BCUT2D eigenvalue weighted by Gasteiger charge is -2.36. The van der Waals surface area contributed by atoms with Gasteiger partial charge in [0.1, 0.15) is 0 Å². The lowest BCUT2D eigenvalue weighted by Crippen LogP contribution is -2.49. The number of amides is 1. The first-order valence-electron chi connectivity index (χ1n) is 10.1. The lowest BCUT2D eigenvalue weighted by atomic mass is 10.2. The SMILES string of the molecule is CC(Oc1ccccc1F)c1nnc(SCC(=O)N2CCN(c3ccccc3)CC2)o1. The Morgan fingerprint density at radius 2 is 1.81 bits per heavy atom. The third kappa shape index (κ3) is 5.35. The lowest BCUT2D eigenvalue weighted by molar-refractivity contribution is -0.128. The molecule has 9 heteroatoms. The number of ether oxygens (including phenoxy) is 1. The van der Waals surface area contributed by atoms with Gasteiger partial charge in [-0.2, -0.15) is 0 Å². The highest BCUT2D eigenvalue weighted by molar-refractivity contribution is 7.99. The van der Waals surface area contributed by atoms with Crippen molar-refractivity contribution in [2.24, 2.45) is 0 Å². The third-order valence-electron chi connectivity index (χ3n) is 4.98. The second-order valence-electron chi connectivity index (χ2n) is 7.09. The molecule has 1 unspecified atom stereocenters. The number of aromatic nitrogens is 2. The number of nitrogens with zero attached hydrogens (tertiary/aromatic N) is 4. The summed E-state index contributed by atoms with van der Waals surface area (Å²) in [6.07, 6.45) is -0.611. The Balaban J connectivity index is 1.25. The van der Waals surface area contributed by atoms with E-state index >= 15 is 0 Å². The largest absolute Gasteiger partial charge is 0.478 e. The van der Waals surface area contributed by atoms with E-state index in [0.29, 0.717) is 13.1 Å². The summed E-state index contributed by atoms with van der Waals surface area (Å²) < 4.78 is 24.9. The number of carbonyl (C=O) groups is 1. The van der Waals surface area contributed by atoms with E-state index in [4.69, 9.17) is 9.15 Å². The van der Waals surface area contributed by atoms with E-state index in [1.54, 1.807) is 19.1 Å². The molecule has 1 fully saturated rings. The van der Waals surface area contributed by atoms with Gasteiger partial charge in [-0.25, -0.2) is 4.39 Å². The van der Waals surface area contributed by atoms with E-state index in [-0.39, 0.29) is 28.5 Å². The van der Waals surface area contributed by atoms with Gasteiger partial charge >= 0.3 is 0 Å². The quantitative estimate of drug-likeness (QED) is 0.516. The average Bonchev–Trinajstić information content (AvgIpc) is 3.29. The molecule has 1 saturated heterocycles. The molecule has 0 spiro atoms. The summed E-state index contributed by atoms with van der Waals surface area (Å²) in [5, 5.41) is 8.21. The maximum absolute atomic E-state index is 13.7. The predicted octanol–water partition coefficient (Wildman–Crippen LogP) is 3.79. The Bertz CT molecular complexity index is 1010. The molecule has 0 N–H and O–H groups in total. The number of carbonyl (C=O) groups excluding carboxylic acids is 1. The summed E-state index contributed by atoms with van der Waals surface area (Å²) in [5.41, 5.74) is 1.18. The highest BCUT2D eigenvalue weighted by Gasteiger charge is 2.23. The van der Waals surface area contributed by atoms with Gasteiger partial charge in [0.25, 0.3) is 11.1 Å². The topological polar surface area (TPSA) is 71.7 Å². The summed E-state index contributed by atoms with van der Waals surface area (Å²) >= 11 is 1.19. The monoisotopic (exact) mass is 442 g/mol. The van der Waals surface area contributed by atoms with E-state index < -0.39 is 11.9 Å². The van der Waals surface area contributed by atoms with Gasteiger partial charge in [-0.3, -0.25) is 4.79 Å². The van der Waals surface area contributed by atoms with Crippen molar-refractivity contribution >= 4 is 23.4 Å². The second-order valence-corrected chi connectivity index (χ2v) is 8.02. The smallest absolute Gasteiger partial charge is 0.277 e. The summed E-state index contributed by atoms with van der Waals surface area (Å²) in [6, 6.07) is 16.3. The minimum Gasteiger partial charge on any atom is -0.478 e. The molecule has 1 aromatic heterocycles. The van der Waals surface area contributed by atoms with Crippen molar-refractivity contribution < 1.29 is 18.3 Å². The van der Waals surface area contributed by atoms with Gasteiger partial charge in [-0.05, 0) is 31.2 Å². The van der Waals surface area contributed by atoms with Gasteiger partial charge in [0.05, 0.1) is 5.75 Å². The first-order chi connectivity index (χ1) is 15.1. The summed E-state index contributed by atoms with van der Waals surface area (Å²) in [6.45, 7) is 4.66. The molecule has 2 heterocycles. The number of anilines is 1. The molecule has 31 heavy (non-hydrogen) atoms. The average molecular weight is 443 g/mol. The Kier molecular flexibility index (Phi) is 6.71. The molecule has 162 valence electrons. The van der Waals surface area contributed by atoms with Crippen LogP contribution in [0.1, 0.15) is 18.9 Å². The standard InChI is InChI=1S/C22H23FN4O3S/c1-16(29-19-10-6-5-9-18(19)23)21-24-25-22(30-21)31-15-20(28)27-13-11-26(12-14-27)17-7-3-2-4-8-17/h2-10,16H,11-15H2,1H3. The van der Waals surface area contributed by atoms with Crippen LogP contribution in [0.25, 0.3) is 0 Å². The molecule has 1 amide bonds. The molecular formula is C22H23FN4O3S. The fraction of sp³-hybridized carbons (Fsp3) is 0.318. The maximum Gasteiger partial charge on any atom is 0.277 e.